The van der Waals surface area contributed by atoms with E-state index in [4.69, 9.17) is 4.43 Å². The predicted octanol–water partition coefficient (Wildman–Crippen LogP) is 4.55. The Morgan fingerprint density at radius 1 is 1.39 bits per heavy atom. The van der Waals surface area contributed by atoms with E-state index < -0.39 is 8.32 Å². The van der Waals surface area contributed by atoms with Crippen molar-refractivity contribution >= 4 is 14.1 Å². The summed E-state index contributed by atoms with van der Waals surface area (Å²) in [6.45, 7) is 13.6. The molecule has 1 aliphatic carbocycles. The maximum Gasteiger partial charge on any atom is 0.192 e. The third-order valence-corrected chi connectivity index (χ3v) is 9.26. The molecule has 0 aliphatic heterocycles. The average molecular weight is 270 g/mol. The lowest BCUT2D eigenvalue weighted by molar-refractivity contribution is -0.120. The predicted molar refractivity (Wildman–Crippen MR) is 79.3 cm³/mol. The summed E-state index contributed by atoms with van der Waals surface area (Å²) in [5, 5.41) is 0.268. The fourth-order valence-electron chi connectivity index (χ4n) is 2.37. The Bertz CT molecular complexity index is 291. The van der Waals surface area contributed by atoms with E-state index in [-0.39, 0.29) is 5.04 Å². The molecular weight excluding hydrogens is 240 g/mol. The molecule has 18 heavy (non-hydrogen) atoms. The van der Waals surface area contributed by atoms with Crippen LogP contribution < -0.4 is 0 Å². The van der Waals surface area contributed by atoms with Gasteiger partial charge in [-0.25, -0.2) is 0 Å². The van der Waals surface area contributed by atoms with Crippen LogP contribution in [0.25, 0.3) is 0 Å². The second-order valence-corrected chi connectivity index (χ2v) is 12.1. The molecule has 0 amide bonds. The molecule has 0 spiro atoms. The largest absolute Gasteiger partial charge is 0.414 e. The Morgan fingerprint density at radius 2 is 2.00 bits per heavy atom. The van der Waals surface area contributed by atoms with Crippen molar-refractivity contribution in [3.63, 3.8) is 0 Å². The molecule has 0 aromatic rings. The van der Waals surface area contributed by atoms with Crippen LogP contribution >= 0.6 is 0 Å². The van der Waals surface area contributed by atoms with E-state index in [0.29, 0.717) is 17.8 Å². The van der Waals surface area contributed by atoms with E-state index in [0.717, 1.165) is 32.1 Å². The van der Waals surface area contributed by atoms with Crippen molar-refractivity contribution in [2.45, 2.75) is 84.0 Å². The van der Waals surface area contributed by atoms with Gasteiger partial charge in [0.1, 0.15) is 5.78 Å². The van der Waals surface area contributed by atoms with Crippen LogP contribution in [0.2, 0.25) is 18.1 Å². The summed E-state index contributed by atoms with van der Waals surface area (Å²) in [4.78, 5) is 11.6. The topological polar surface area (TPSA) is 26.3 Å². The molecule has 1 fully saturated rings. The van der Waals surface area contributed by atoms with Crippen LogP contribution in [0.3, 0.4) is 0 Å². The maximum atomic E-state index is 11.6. The molecule has 106 valence electrons. The number of hydrogen-bond acceptors (Lipinski definition) is 2. The number of hydrogen-bond donors (Lipinski definition) is 0. The van der Waals surface area contributed by atoms with Crippen molar-refractivity contribution in [1.29, 1.82) is 0 Å². The quantitative estimate of drug-likeness (QED) is 0.685. The first-order valence-corrected chi connectivity index (χ1v) is 10.2. The van der Waals surface area contributed by atoms with Crippen LogP contribution in [-0.4, -0.2) is 20.2 Å². The lowest BCUT2D eigenvalue weighted by Gasteiger charge is -2.38. The van der Waals surface area contributed by atoms with Gasteiger partial charge in [0.2, 0.25) is 0 Å². The van der Waals surface area contributed by atoms with Crippen LogP contribution in [0, 0.1) is 5.92 Å². The van der Waals surface area contributed by atoms with Gasteiger partial charge in [-0.15, -0.1) is 0 Å². The van der Waals surface area contributed by atoms with Gasteiger partial charge in [0, 0.05) is 18.4 Å². The molecule has 2 atom stereocenters. The molecule has 0 heterocycles. The maximum absolute atomic E-state index is 11.6. The van der Waals surface area contributed by atoms with Crippen molar-refractivity contribution < 1.29 is 9.22 Å². The summed E-state index contributed by atoms with van der Waals surface area (Å²) < 4.78 is 6.32. The van der Waals surface area contributed by atoms with Crippen molar-refractivity contribution in [3.05, 3.63) is 0 Å². The third-order valence-electron chi connectivity index (χ3n) is 4.65. The Balaban J connectivity index is 2.37. The summed E-state index contributed by atoms with van der Waals surface area (Å²) in [5.74, 6) is 0.810. The van der Waals surface area contributed by atoms with E-state index in [9.17, 15) is 4.79 Å². The second-order valence-electron chi connectivity index (χ2n) is 7.32. The fourth-order valence-corrected chi connectivity index (χ4v) is 3.85. The highest BCUT2D eigenvalue weighted by Gasteiger charge is 2.38. The highest BCUT2D eigenvalue weighted by molar-refractivity contribution is 6.74. The average Bonchev–Trinajstić information content (AvgIpc) is 2.58. The standard InChI is InChI=1S/C15H30O2Si/c1-12(17-18(5,6)15(2,3)4)10-11-13-8-7-9-14(13)16/h12-13H,7-11H2,1-6H3/t12-,13+/m0/s1. The van der Waals surface area contributed by atoms with Gasteiger partial charge in [-0.1, -0.05) is 20.8 Å². The van der Waals surface area contributed by atoms with E-state index in [1.807, 2.05) is 0 Å². The minimum atomic E-state index is -1.65. The number of carbonyl (C=O) groups is 1. The minimum absolute atomic E-state index is 0.268. The van der Waals surface area contributed by atoms with Gasteiger partial charge in [0.05, 0.1) is 0 Å². The third kappa shape index (κ3) is 4.20. The summed E-state index contributed by atoms with van der Waals surface area (Å²) in [6, 6.07) is 0. The lowest BCUT2D eigenvalue weighted by atomic mass is 9.99. The first-order valence-electron chi connectivity index (χ1n) is 7.34. The lowest BCUT2D eigenvalue weighted by Crippen LogP contribution is -2.43. The summed E-state index contributed by atoms with van der Waals surface area (Å²) in [6.07, 6.45) is 5.35. The SMILES string of the molecule is C[C@@H](CC[C@H]1CCCC1=O)O[Si](C)(C)C(C)(C)C. The number of carbonyl (C=O) groups excluding carboxylic acids is 1. The van der Waals surface area contributed by atoms with Crippen LogP contribution in [0.5, 0.6) is 0 Å². The van der Waals surface area contributed by atoms with E-state index in [1.165, 1.54) is 0 Å². The molecule has 0 unspecified atom stereocenters. The number of ketones is 1. The van der Waals surface area contributed by atoms with E-state index in [2.05, 4.69) is 40.8 Å². The van der Waals surface area contributed by atoms with Crippen molar-refractivity contribution in [2.24, 2.45) is 5.92 Å². The van der Waals surface area contributed by atoms with Crippen molar-refractivity contribution in [3.8, 4) is 0 Å². The molecule has 3 heteroatoms. The molecule has 0 saturated heterocycles. The van der Waals surface area contributed by atoms with Gasteiger partial charge in [0.15, 0.2) is 8.32 Å². The van der Waals surface area contributed by atoms with Crippen LogP contribution in [0.15, 0.2) is 0 Å². The van der Waals surface area contributed by atoms with Gasteiger partial charge >= 0.3 is 0 Å². The zero-order valence-electron chi connectivity index (χ0n) is 13.0. The summed E-state index contributed by atoms with van der Waals surface area (Å²) in [5.41, 5.74) is 0. The van der Waals surface area contributed by atoms with Gasteiger partial charge in [-0.05, 0) is 50.7 Å². The zero-order chi connectivity index (χ0) is 14.0. The van der Waals surface area contributed by atoms with Crippen molar-refractivity contribution in [2.75, 3.05) is 0 Å². The minimum Gasteiger partial charge on any atom is -0.414 e. The molecule has 0 radical (unpaired) electrons. The Labute approximate surface area is 114 Å². The number of rotatable bonds is 5. The molecule has 0 N–H and O–H groups in total. The Kier molecular flexibility index (Phi) is 5.19. The number of Topliss-reactive ketones (excluding diaryl/α,β-unsaturated/α-hetero) is 1. The van der Waals surface area contributed by atoms with Gasteiger partial charge < -0.3 is 4.43 Å². The molecule has 0 aromatic heterocycles. The zero-order valence-corrected chi connectivity index (χ0v) is 14.0. The molecule has 1 saturated carbocycles. The van der Waals surface area contributed by atoms with Crippen LogP contribution in [0.4, 0.5) is 0 Å². The summed E-state index contributed by atoms with van der Waals surface area (Å²) in [7, 11) is -1.65. The molecule has 2 nitrogen and oxygen atoms in total. The van der Waals surface area contributed by atoms with Gasteiger partial charge in [-0.2, -0.15) is 0 Å². The first kappa shape index (κ1) is 15.9. The van der Waals surface area contributed by atoms with Crippen LogP contribution in [0.1, 0.15) is 59.8 Å². The van der Waals surface area contributed by atoms with Crippen LogP contribution in [-0.2, 0) is 9.22 Å². The molecular formula is C15H30O2Si. The first-order chi connectivity index (χ1) is 8.13. The van der Waals surface area contributed by atoms with E-state index in [1.54, 1.807) is 0 Å². The monoisotopic (exact) mass is 270 g/mol. The summed E-state index contributed by atoms with van der Waals surface area (Å²) >= 11 is 0. The smallest absolute Gasteiger partial charge is 0.192 e. The molecule has 0 aromatic carbocycles. The molecule has 1 aliphatic rings. The fraction of sp³-hybridized carbons (Fsp3) is 0.933. The highest BCUT2D eigenvalue weighted by atomic mass is 28.4. The van der Waals surface area contributed by atoms with Crippen molar-refractivity contribution in [1.82, 2.24) is 0 Å². The molecule has 0 bridgehead atoms. The Hall–Kier alpha value is -0.153. The van der Waals surface area contributed by atoms with E-state index >= 15 is 0 Å². The highest BCUT2D eigenvalue weighted by Crippen LogP contribution is 2.38. The molecule has 1 rings (SSSR count). The van der Waals surface area contributed by atoms with Gasteiger partial charge in [0.25, 0.3) is 0 Å². The van der Waals surface area contributed by atoms with Gasteiger partial charge in [-0.3, -0.25) is 4.79 Å². The Morgan fingerprint density at radius 3 is 2.44 bits per heavy atom. The normalized spacial score (nSPS) is 23.4. The second kappa shape index (κ2) is 5.87.